The fourth-order valence-electron chi connectivity index (χ4n) is 1.13. The van der Waals surface area contributed by atoms with Crippen molar-refractivity contribution in [2.75, 3.05) is 0 Å². The molecule has 3 nitrogen and oxygen atoms in total. The molecule has 2 aromatic rings. The number of hydrogen-bond acceptors (Lipinski definition) is 2. The van der Waals surface area contributed by atoms with E-state index in [-0.39, 0.29) is 6.61 Å². The van der Waals surface area contributed by atoms with Crippen molar-refractivity contribution in [2.45, 2.75) is 6.61 Å². The molecule has 2 aromatic heterocycles. The first-order chi connectivity index (χ1) is 5.79. The van der Waals surface area contributed by atoms with Gasteiger partial charge in [0.1, 0.15) is 4.60 Å². The summed E-state index contributed by atoms with van der Waals surface area (Å²) in [6.07, 6.45) is 0. The summed E-state index contributed by atoms with van der Waals surface area (Å²) in [7, 11) is 0. The lowest BCUT2D eigenvalue weighted by atomic mass is 10.4. The first-order valence-electron chi connectivity index (χ1n) is 3.54. The highest BCUT2D eigenvalue weighted by molar-refractivity contribution is 9.10. The molecular formula is C8H7BrN2O. The van der Waals surface area contributed by atoms with Crippen molar-refractivity contribution >= 4 is 27.0 Å². The molecule has 2 heterocycles. The van der Waals surface area contributed by atoms with Crippen molar-refractivity contribution in [3.8, 4) is 0 Å². The van der Waals surface area contributed by atoms with Gasteiger partial charge in [-0.2, -0.15) is 0 Å². The summed E-state index contributed by atoms with van der Waals surface area (Å²) in [6.45, 7) is 0.0218. The molecule has 0 aliphatic rings. The van der Waals surface area contributed by atoms with Gasteiger partial charge in [0.2, 0.25) is 0 Å². The van der Waals surface area contributed by atoms with Crippen LogP contribution in [0.1, 0.15) is 5.69 Å². The zero-order valence-corrected chi connectivity index (χ0v) is 7.80. The standard InChI is InChI=1S/C8H7BrN2O/c9-8-2-1-6-7(11-8)3-5(4-12)10-6/h1-3,10,12H,4H2. The van der Waals surface area contributed by atoms with Crippen molar-refractivity contribution in [1.29, 1.82) is 0 Å². The third kappa shape index (κ3) is 1.23. The Morgan fingerprint density at radius 2 is 2.33 bits per heavy atom. The number of nitrogens with zero attached hydrogens (tertiary/aromatic N) is 1. The van der Waals surface area contributed by atoms with Gasteiger partial charge in [0.25, 0.3) is 0 Å². The molecule has 0 radical (unpaired) electrons. The van der Waals surface area contributed by atoms with E-state index in [0.717, 1.165) is 21.3 Å². The Bertz CT molecular complexity index is 410. The summed E-state index contributed by atoms with van der Waals surface area (Å²) in [5.74, 6) is 0. The van der Waals surface area contributed by atoms with E-state index in [9.17, 15) is 0 Å². The largest absolute Gasteiger partial charge is 0.390 e. The summed E-state index contributed by atoms with van der Waals surface area (Å²) in [5, 5.41) is 8.84. The molecule has 0 fully saturated rings. The zero-order chi connectivity index (χ0) is 8.55. The average molecular weight is 227 g/mol. The molecule has 0 aliphatic heterocycles. The van der Waals surface area contributed by atoms with E-state index < -0.39 is 0 Å². The number of fused-ring (bicyclic) bond motifs is 1. The second-order valence-corrected chi connectivity index (χ2v) is 3.33. The molecule has 0 unspecified atom stereocenters. The maximum Gasteiger partial charge on any atom is 0.106 e. The van der Waals surface area contributed by atoms with Crippen LogP contribution in [0.3, 0.4) is 0 Å². The normalized spacial score (nSPS) is 10.8. The van der Waals surface area contributed by atoms with Gasteiger partial charge in [-0.1, -0.05) is 0 Å². The molecule has 4 heteroatoms. The predicted molar refractivity (Wildman–Crippen MR) is 49.7 cm³/mol. The molecule has 2 rings (SSSR count). The van der Waals surface area contributed by atoms with E-state index >= 15 is 0 Å². The Labute approximate surface area is 77.6 Å². The quantitative estimate of drug-likeness (QED) is 0.730. The highest BCUT2D eigenvalue weighted by atomic mass is 79.9. The Morgan fingerprint density at radius 1 is 1.50 bits per heavy atom. The highest BCUT2D eigenvalue weighted by Gasteiger charge is 2.00. The number of aliphatic hydroxyl groups excluding tert-OH is 1. The molecule has 62 valence electrons. The third-order valence-electron chi connectivity index (χ3n) is 1.67. The van der Waals surface area contributed by atoms with E-state index in [1.807, 2.05) is 18.2 Å². The van der Waals surface area contributed by atoms with Crippen molar-refractivity contribution in [3.63, 3.8) is 0 Å². The average Bonchev–Trinajstić information content (AvgIpc) is 2.46. The number of nitrogens with one attached hydrogen (secondary N) is 1. The topological polar surface area (TPSA) is 48.9 Å². The van der Waals surface area contributed by atoms with Gasteiger partial charge in [-0.15, -0.1) is 0 Å². The lowest BCUT2D eigenvalue weighted by Gasteiger charge is -1.88. The minimum Gasteiger partial charge on any atom is -0.390 e. The van der Waals surface area contributed by atoms with E-state index in [4.69, 9.17) is 5.11 Å². The van der Waals surface area contributed by atoms with Gasteiger partial charge in [-0.05, 0) is 34.1 Å². The minimum atomic E-state index is 0.0218. The Kier molecular flexibility index (Phi) is 1.86. The second-order valence-electron chi connectivity index (χ2n) is 2.52. The third-order valence-corrected chi connectivity index (χ3v) is 2.11. The van der Waals surface area contributed by atoms with E-state index in [1.165, 1.54) is 0 Å². The monoisotopic (exact) mass is 226 g/mol. The van der Waals surface area contributed by atoms with E-state index in [2.05, 4.69) is 25.9 Å². The Hall–Kier alpha value is -0.870. The van der Waals surface area contributed by atoms with E-state index in [1.54, 1.807) is 0 Å². The number of halogens is 1. The number of aromatic nitrogens is 2. The van der Waals surface area contributed by atoms with Crippen LogP contribution in [0.5, 0.6) is 0 Å². The van der Waals surface area contributed by atoms with Crippen molar-refractivity contribution in [2.24, 2.45) is 0 Å². The number of rotatable bonds is 1. The highest BCUT2D eigenvalue weighted by Crippen LogP contribution is 2.16. The molecule has 0 spiro atoms. The fourth-order valence-corrected chi connectivity index (χ4v) is 1.45. The van der Waals surface area contributed by atoms with Crippen LogP contribution in [0.25, 0.3) is 11.0 Å². The number of pyridine rings is 1. The van der Waals surface area contributed by atoms with Crippen LogP contribution in [-0.4, -0.2) is 15.1 Å². The predicted octanol–water partition coefficient (Wildman–Crippen LogP) is 1.82. The van der Waals surface area contributed by atoms with Crippen LogP contribution < -0.4 is 0 Å². The van der Waals surface area contributed by atoms with Crippen molar-refractivity contribution in [1.82, 2.24) is 9.97 Å². The molecular weight excluding hydrogens is 220 g/mol. The van der Waals surface area contributed by atoms with Crippen LogP contribution >= 0.6 is 15.9 Å². The number of hydrogen-bond donors (Lipinski definition) is 2. The summed E-state index contributed by atoms with van der Waals surface area (Å²) in [4.78, 5) is 7.26. The van der Waals surface area contributed by atoms with Crippen LogP contribution in [0, 0.1) is 0 Å². The number of H-pyrrole nitrogens is 1. The number of aliphatic hydroxyl groups is 1. The maximum absolute atomic E-state index is 8.84. The lowest BCUT2D eigenvalue weighted by molar-refractivity contribution is 0.278. The summed E-state index contributed by atoms with van der Waals surface area (Å²) in [5.41, 5.74) is 2.60. The lowest BCUT2D eigenvalue weighted by Crippen LogP contribution is -1.78. The van der Waals surface area contributed by atoms with Gasteiger partial charge in [-0.3, -0.25) is 0 Å². The van der Waals surface area contributed by atoms with Crippen LogP contribution in [0.15, 0.2) is 22.8 Å². The fraction of sp³-hybridized carbons (Fsp3) is 0.125. The summed E-state index contributed by atoms with van der Waals surface area (Å²) < 4.78 is 0.804. The van der Waals surface area contributed by atoms with Crippen molar-refractivity contribution < 1.29 is 5.11 Å². The van der Waals surface area contributed by atoms with Gasteiger partial charge >= 0.3 is 0 Å². The molecule has 12 heavy (non-hydrogen) atoms. The Balaban J connectivity index is 2.67. The van der Waals surface area contributed by atoms with E-state index in [0.29, 0.717) is 0 Å². The molecule has 0 saturated carbocycles. The number of aromatic amines is 1. The van der Waals surface area contributed by atoms with Crippen LogP contribution in [-0.2, 0) is 6.61 Å². The van der Waals surface area contributed by atoms with Gasteiger partial charge in [0.05, 0.1) is 17.6 Å². The van der Waals surface area contributed by atoms with Gasteiger partial charge in [0.15, 0.2) is 0 Å². The first kappa shape index (κ1) is 7.76. The molecule has 0 bridgehead atoms. The van der Waals surface area contributed by atoms with Crippen LogP contribution in [0.4, 0.5) is 0 Å². The van der Waals surface area contributed by atoms with Crippen molar-refractivity contribution in [3.05, 3.63) is 28.5 Å². The second kappa shape index (κ2) is 2.88. The summed E-state index contributed by atoms with van der Waals surface area (Å²) in [6, 6.07) is 5.62. The smallest absolute Gasteiger partial charge is 0.106 e. The van der Waals surface area contributed by atoms with Crippen LogP contribution in [0.2, 0.25) is 0 Å². The van der Waals surface area contributed by atoms with Gasteiger partial charge in [-0.25, -0.2) is 4.98 Å². The molecule has 2 N–H and O–H groups in total. The zero-order valence-electron chi connectivity index (χ0n) is 6.21. The Morgan fingerprint density at radius 3 is 3.08 bits per heavy atom. The molecule has 0 aromatic carbocycles. The molecule has 0 saturated heterocycles. The first-order valence-corrected chi connectivity index (χ1v) is 4.34. The maximum atomic E-state index is 8.84. The van der Waals surface area contributed by atoms with Gasteiger partial charge in [0, 0.05) is 5.69 Å². The molecule has 0 amide bonds. The molecule has 0 atom stereocenters. The van der Waals surface area contributed by atoms with Gasteiger partial charge < -0.3 is 10.1 Å². The molecule has 0 aliphatic carbocycles. The SMILES string of the molecule is OCc1cc2nc(Br)ccc2[nH]1. The minimum absolute atomic E-state index is 0.0218. The summed E-state index contributed by atoms with van der Waals surface area (Å²) >= 11 is 3.28.